The summed E-state index contributed by atoms with van der Waals surface area (Å²) < 4.78 is 33.1. The van der Waals surface area contributed by atoms with Gasteiger partial charge in [0.05, 0.1) is 30.8 Å². The maximum atomic E-state index is 14.2. The number of amides is 1. The van der Waals surface area contributed by atoms with Gasteiger partial charge in [0.15, 0.2) is 5.82 Å². The molecule has 4 aromatic rings. The molecule has 1 N–H and O–H groups in total. The molecule has 0 aliphatic carbocycles. The van der Waals surface area contributed by atoms with Crippen LogP contribution in [0.5, 0.6) is 5.75 Å². The van der Waals surface area contributed by atoms with Crippen molar-refractivity contribution >= 4 is 27.5 Å². The average molecular weight is 572 g/mol. The SMILES string of the molecule is CC.COCCOc1cc(F)ccc1-c1c(-c2nc3n(n2)CCN(C(=O)OC(C)(C)C)C3)[nH]c(=O)c2ccsc12. The minimum atomic E-state index is -0.615. The van der Waals surface area contributed by atoms with E-state index in [0.717, 1.165) is 0 Å². The highest BCUT2D eigenvalue weighted by Gasteiger charge is 2.29. The Morgan fingerprint density at radius 2 is 1.95 bits per heavy atom. The Morgan fingerprint density at radius 1 is 1.18 bits per heavy atom. The zero-order chi connectivity index (χ0) is 29.0. The first-order valence-electron chi connectivity index (χ1n) is 13.1. The van der Waals surface area contributed by atoms with Crippen LogP contribution in [-0.4, -0.2) is 63.2 Å². The van der Waals surface area contributed by atoms with E-state index >= 15 is 0 Å². The largest absolute Gasteiger partial charge is 0.490 e. The number of aromatic nitrogens is 4. The summed E-state index contributed by atoms with van der Waals surface area (Å²) in [6.07, 6.45) is -0.424. The molecule has 3 aromatic heterocycles. The van der Waals surface area contributed by atoms with Crippen LogP contribution in [-0.2, 0) is 22.6 Å². The third kappa shape index (κ3) is 6.18. The molecule has 214 valence electrons. The van der Waals surface area contributed by atoms with Gasteiger partial charge >= 0.3 is 6.09 Å². The molecule has 12 heteroatoms. The van der Waals surface area contributed by atoms with Gasteiger partial charge in [0.1, 0.15) is 29.6 Å². The number of carbonyl (C=O) groups is 1. The number of methoxy groups -OCH3 is 1. The normalized spacial score (nSPS) is 13.0. The van der Waals surface area contributed by atoms with Crippen molar-refractivity contribution in [3.05, 3.63) is 51.6 Å². The van der Waals surface area contributed by atoms with E-state index in [2.05, 4.69) is 10.1 Å². The predicted octanol–water partition coefficient (Wildman–Crippen LogP) is 5.46. The van der Waals surface area contributed by atoms with Gasteiger partial charge in [-0.25, -0.2) is 18.9 Å². The van der Waals surface area contributed by atoms with Crippen LogP contribution in [0.25, 0.3) is 32.7 Å². The van der Waals surface area contributed by atoms with Crippen molar-refractivity contribution in [2.75, 3.05) is 26.9 Å². The number of aromatic amines is 1. The van der Waals surface area contributed by atoms with Crippen LogP contribution in [0.15, 0.2) is 34.4 Å². The summed E-state index contributed by atoms with van der Waals surface area (Å²) in [7, 11) is 1.56. The number of fused-ring (bicyclic) bond motifs is 2. The predicted molar refractivity (Wildman–Crippen MR) is 152 cm³/mol. The maximum absolute atomic E-state index is 14.2. The van der Waals surface area contributed by atoms with E-state index in [4.69, 9.17) is 19.2 Å². The van der Waals surface area contributed by atoms with Gasteiger partial charge in [-0.3, -0.25) is 9.69 Å². The molecule has 0 saturated heterocycles. The van der Waals surface area contributed by atoms with Crippen LogP contribution < -0.4 is 10.3 Å². The maximum Gasteiger partial charge on any atom is 0.410 e. The monoisotopic (exact) mass is 571 g/mol. The Bertz CT molecular complexity index is 1550. The zero-order valence-electron chi connectivity index (χ0n) is 23.5. The number of nitrogens with one attached hydrogen (secondary N) is 1. The van der Waals surface area contributed by atoms with E-state index in [1.54, 1.807) is 28.8 Å². The topological polar surface area (TPSA) is 112 Å². The van der Waals surface area contributed by atoms with Gasteiger partial charge in [-0.1, -0.05) is 13.8 Å². The van der Waals surface area contributed by atoms with Gasteiger partial charge in [0.2, 0.25) is 0 Å². The van der Waals surface area contributed by atoms with Crippen molar-refractivity contribution in [3.8, 4) is 28.4 Å². The van der Waals surface area contributed by atoms with Crippen LogP contribution in [0.2, 0.25) is 0 Å². The van der Waals surface area contributed by atoms with E-state index < -0.39 is 17.5 Å². The highest BCUT2D eigenvalue weighted by atomic mass is 32.1. The zero-order valence-corrected chi connectivity index (χ0v) is 24.4. The molecule has 0 unspecified atom stereocenters. The minimum absolute atomic E-state index is 0.213. The lowest BCUT2D eigenvalue weighted by atomic mass is 10.0. The lowest BCUT2D eigenvalue weighted by Crippen LogP contribution is -2.41. The van der Waals surface area contributed by atoms with Crippen LogP contribution in [0, 0.1) is 5.82 Å². The Balaban J connectivity index is 0.00000181. The van der Waals surface area contributed by atoms with Crippen molar-refractivity contribution in [2.45, 2.75) is 53.3 Å². The molecule has 0 bridgehead atoms. The average Bonchev–Trinajstić information content (AvgIpc) is 3.57. The fourth-order valence-electron chi connectivity index (χ4n) is 4.24. The van der Waals surface area contributed by atoms with E-state index in [1.807, 2.05) is 40.0 Å². The number of carbonyl (C=O) groups excluding carboxylic acids is 1. The Labute approximate surface area is 235 Å². The number of H-pyrrole nitrogens is 1. The lowest BCUT2D eigenvalue weighted by molar-refractivity contribution is 0.0190. The van der Waals surface area contributed by atoms with Crippen LogP contribution in [0.1, 0.15) is 40.4 Å². The van der Waals surface area contributed by atoms with Crippen molar-refractivity contribution < 1.29 is 23.4 Å². The van der Waals surface area contributed by atoms with E-state index in [0.29, 0.717) is 64.0 Å². The summed E-state index contributed by atoms with van der Waals surface area (Å²) in [5.74, 6) is 0.712. The number of hydrogen-bond donors (Lipinski definition) is 1. The van der Waals surface area contributed by atoms with Gasteiger partial charge < -0.3 is 19.2 Å². The number of pyridine rings is 1. The number of rotatable bonds is 6. The number of nitrogens with zero attached hydrogens (tertiary/aromatic N) is 4. The lowest BCUT2D eigenvalue weighted by Gasteiger charge is -2.29. The van der Waals surface area contributed by atoms with Gasteiger partial charge in [-0.2, -0.15) is 0 Å². The first-order valence-corrected chi connectivity index (χ1v) is 14.0. The molecule has 10 nitrogen and oxygen atoms in total. The number of benzene rings is 1. The van der Waals surface area contributed by atoms with E-state index in [1.165, 1.54) is 23.5 Å². The second-order valence-corrected chi connectivity index (χ2v) is 10.7. The van der Waals surface area contributed by atoms with Gasteiger partial charge in [0, 0.05) is 35.5 Å². The number of halogens is 1. The summed E-state index contributed by atoms with van der Waals surface area (Å²) in [5.41, 5.74) is 0.708. The molecule has 0 atom stereocenters. The van der Waals surface area contributed by atoms with E-state index in [-0.39, 0.29) is 18.7 Å². The quantitative estimate of drug-likeness (QED) is 0.306. The fourth-order valence-corrected chi connectivity index (χ4v) is 5.20. The molecule has 0 saturated carbocycles. The smallest absolute Gasteiger partial charge is 0.410 e. The first kappa shape index (κ1) is 29.2. The number of hydrogen-bond acceptors (Lipinski definition) is 8. The van der Waals surface area contributed by atoms with E-state index in [9.17, 15) is 14.0 Å². The van der Waals surface area contributed by atoms with Crippen molar-refractivity contribution in [1.29, 1.82) is 0 Å². The van der Waals surface area contributed by atoms with Crippen molar-refractivity contribution in [1.82, 2.24) is 24.6 Å². The molecule has 1 aliphatic rings. The summed E-state index contributed by atoms with van der Waals surface area (Å²) in [6.45, 7) is 11.0. The molecule has 1 aliphatic heterocycles. The second-order valence-electron chi connectivity index (χ2n) is 9.83. The first-order chi connectivity index (χ1) is 19.1. The molecule has 40 heavy (non-hydrogen) atoms. The molecular formula is C28H34FN5O5S. The van der Waals surface area contributed by atoms with Gasteiger partial charge in [-0.15, -0.1) is 16.4 Å². The summed E-state index contributed by atoms with van der Waals surface area (Å²) in [6, 6.07) is 6.01. The third-order valence-electron chi connectivity index (χ3n) is 5.92. The van der Waals surface area contributed by atoms with Crippen LogP contribution >= 0.6 is 11.3 Å². The highest BCUT2D eigenvalue weighted by Crippen LogP contribution is 2.41. The highest BCUT2D eigenvalue weighted by molar-refractivity contribution is 7.17. The molecule has 1 amide bonds. The molecular weight excluding hydrogens is 537 g/mol. The Hall–Kier alpha value is -3.77. The fraction of sp³-hybridized carbons (Fsp3) is 0.429. The summed E-state index contributed by atoms with van der Waals surface area (Å²) in [5, 5.41) is 6.98. The van der Waals surface area contributed by atoms with Crippen LogP contribution in [0.3, 0.4) is 0 Å². The number of ether oxygens (including phenoxy) is 3. The van der Waals surface area contributed by atoms with Crippen molar-refractivity contribution in [3.63, 3.8) is 0 Å². The minimum Gasteiger partial charge on any atom is -0.490 e. The second kappa shape index (κ2) is 12.2. The van der Waals surface area contributed by atoms with Gasteiger partial charge in [-0.05, 0) is 44.4 Å². The third-order valence-corrected chi connectivity index (χ3v) is 6.85. The molecule has 0 spiro atoms. The number of thiophene rings is 1. The molecule has 0 radical (unpaired) electrons. The van der Waals surface area contributed by atoms with Crippen molar-refractivity contribution in [2.24, 2.45) is 0 Å². The van der Waals surface area contributed by atoms with Crippen LogP contribution in [0.4, 0.5) is 9.18 Å². The summed E-state index contributed by atoms with van der Waals surface area (Å²) in [4.78, 5) is 34.8. The summed E-state index contributed by atoms with van der Waals surface area (Å²) >= 11 is 1.39. The Morgan fingerprint density at radius 3 is 2.67 bits per heavy atom. The molecule has 1 aromatic carbocycles. The molecule has 4 heterocycles. The molecule has 0 fully saturated rings. The Kier molecular flexibility index (Phi) is 8.89. The van der Waals surface area contributed by atoms with Gasteiger partial charge in [0.25, 0.3) is 5.56 Å². The standard InChI is InChI=1S/C26H28FN5O5S.C2H6/c1-26(2,3)37-25(34)31-8-9-32-19(14-31)28-23(30-32)21-20(22-17(7-12-38-22)24(33)29-21)16-6-5-15(27)13-18(16)36-11-10-35-4;1-2/h5-7,12-13H,8-11,14H2,1-4H3,(H,29,33);1-2H3. The molecule has 5 rings (SSSR count).